The molecular formula is C23H21ClN3O3-. The SMILES string of the molecule is CCC(=O)[O-].Cc1nccn1-c1nc(-c2ccc(Cl)cc2)c(Cc2ccccc2)o1. The lowest BCUT2D eigenvalue weighted by Gasteiger charge is -2.02. The number of halogens is 1. The highest BCUT2D eigenvalue weighted by molar-refractivity contribution is 6.30. The van der Waals surface area contributed by atoms with Gasteiger partial charge in [0.15, 0.2) is 0 Å². The number of hydrogen-bond acceptors (Lipinski definition) is 5. The number of carboxylic acid groups (broad SMARTS) is 1. The Hall–Kier alpha value is -3.38. The van der Waals surface area contributed by atoms with Crippen LogP contribution in [-0.2, 0) is 11.2 Å². The summed E-state index contributed by atoms with van der Waals surface area (Å²) in [4.78, 5) is 18.2. The second-order valence-electron chi connectivity index (χ2n) is 6.51. The summed E-state index contributed by atoms with van der Waals surface area (Å²) < 4.78 is 7.95. The number of carbonyl (C=O) groups is 1. The maximum absolute atomic E-state index is 9.26. The monoisotopic (exact) mass is 422 g/mol. The second-order valence-corrected chi connectivity index (χ2v) is 6.94. The van der Waals surface area contributed by atoms with Gasteiger partial charge in [0.1, 0.15) is 17.3 Å². The number of rotatable bonds is 5. The molecule has 2 aromatic heterocycles. The van der Waals surface area contributed by atoms with Crippen molar-refractivity contribution < 1.29 is 14.3 Å². The third-order valence-electron chi connectivity index (χ3n) is 4.33. The van der Waals surface area contributed by atoms with Crippen LogP contribution >= 0.6 is 11.6 Å². The van der Waals surface area contributed by atoms with E-state index in [1.54, 1.807) is 6.20 Å². The van der Waals surface area contributed by atoms with Crippen molar-refractivity contribution in [1.29, 1.82) is 0 Å². The molecule has 154 valence electrons. The van der Waals surface area contributed by atoms with Crippen molar-refractivity contribution in [2.45, 2.75) is 26.7 Å². The smallest absolute Gasteiger partial charge is 0.307 e. The molecule has 0 aliphatic carbocycles. The van der Waals surface area contributed by atoms with Crippen molar-refractivity contribution in [3.8, 4) is 17.3 Å². The molecule has 2 aromatic carbocycles. The van der Waals surface area contributed by atoms with Crippen LogP contribution in [0.5, 0.6) is 0 Å². The predicted molar refractivity (Wildman–Crippen MR) is 113 cm³/mol. The number of aliphatic carboxylic acids is 1. The number of aryl methyl sites for hydroxylation is 1. The first-order chi connectivity index (χ1) is 14.5. The maximum atomic E-state index is 9.26. The molecule has 0 aliphatic heterocycles. The van der Waals surface area contributed by atoms with Gasteiger partial charge in [0, 0.05) is 35.4 Å². The van der Waals surface area contributed by atoms with E-state index < -0.39 is 5.97 Å². The van der Waals surface area contributed by atoms with E-state index >= 15 is 0 Å². The van der Waals surface area contributed by atoms with Crippen LogP contribution < -0.4 is 5.11 Å². The summed E-state index contributed by atoms with van der Waals surface area (Å²) in [6.07, 6.45) is 4.36. The van der Waals surface area contributed by atoms with Crippen molar-refractivity contribution in [3.05, 3.63) is 89.2 Å². The van der Waals surface area contributed by atoms with Gasteiger partial charge in [-0.05, 0) is 31.0 Å². The lowest BCUT2D eigenvalue weighted by Crippen LogP contribution is -2.19. The molecule has 0 amide bonds. The van der Waals surface area contributed by atoms with Gasteiger partial charge >= 0.3 is 6.01 Å². The number of carboxylic acids is 1. The summed E-state index contributed by atoms with van der Waals surface area (Å²) in [6, 6.07) is 18.4. The Balaban J connectivity index is 0.000000461. The standard InChI is InChI=1S/C20H16ClN3O.C3H6O2/c1-14-22-11-12-24(14)20-23-19(16-7-9-17(21)10-8-16)18(25-20)13-15-5-3-2-4-6-15;1-2-3(4)5/h2-12H,13H2,1H3;2H2,1H3,(H,4,5)/p-1. The lowest BCUT2D eigenvalue weighted by atomic mass is 10.1. The average Bonchev–Trinajstić information content (AvgIpc) is 3.36. The molecule has 0 fully saturated rings. The minimum atomic E-state index is -0.995. The number of benzene rings is 2. The molecule has 0 spiro atoms. The number of aromatic nitrogens is 3. The Morgan fingerprint density at radius 1 is 1.13 bits per heavy atom. The third kappa shape index (κ3) is 5.36. The van der Waals surface area contributed by atoms with Crippen LogP contribution in [0.4, 0.5) is 0 Å². The molecule has 0 saturated carbocycles. The molecule has 7 heteroatoms. The van der Waals surface area contributed by atoms with Crippen LogP contribution in [0.3, 0.4) is 0 Å². The van der Waals surface area contributed by atoms with Crippen LogP contribution in [0, 0.1) is 6.92 Å². The Labute approximate surface area is 179 Å². The summed E-state index contributed by atoms with van der Waals surface area (Å²) in [6.45, 7) is 3.46. The molecule has 0 bridgehead atoms. The molecule has 4 rings (SSSR count). The van der Waals surface area contributed by atoms with Crippen molar-refractivity contribution in [2.75, 3.05) is 0 Å². The Bertz CT molecular complexity index is 1100. The molecule has 0 unspecified atom stereocenters. The number of nitrogens with zero attached hydrogens (tertiary/aromatic N) is 3. The molecule has 6 nitrogen and oxygen atoms in total. The molecular weight excluding hydrogens is 402 g/mol. The summed E-state index contributed by atoms with van der Waals surface area (Å²) in [5, 5.41) is 9.95. The van der Waals surface area contributed by atoms with Gasteiger partial charge in [-0.1, -0.05) is 61.0 Å². The lowest BCUT2D eigenvalue weighted by molar-refractivity contribution is -0.305. The molecule has 0 atom stereocenters. The Morgan fingerprint density at radius 3 is 2.37 bits per heavy atom. The van der Waals surface area contributed by atoms with Gasteiger partial charge in [0.05, 0.1) is 0 Å². The normalized spacial score (nSPS) is 10.4. The van der Waals surface area contributed by atoms with E-state index in [1.807, 2.05) is 60.2 Å². The first-order valence-corrected chi connectivity index (χ1v) is 9.85. The predicted octanol–water partition coefficient (Wildman–Crippen LogP) is 4.23. The van der Waals surface area contributed by atoms with E-state index in [0.717, 1.165) is 22.8 Å². The molecule has 0 aliphatic rings. The first kappa shape index (κ1) is 21.3. The molecule has 2 heterocycles. The van der Waals surface area contributed by atoms with Crippen molar-refractivity contribution in [2.24, 2.45) is 0 Å². The zero-order valence-electron chi connectivity index (χ0n) is 16.7. The van der Waals surface area contributed by atoms with E-state index in [9.17, 15) is 9.90 Å². The van der Waals surface area contributed by atoms with Crippen molar-refractivity contribution >= 4 is 17.6 Å². The summed E-state index contributed by atoms with van der Waals surface area (Å²) >= 11 is 6.02. The highest BCUT2D eigenvalue weighted by atomic mass is 35.5. The van der Waals surface area contributed by atoms with Gasteiger partial charge < -0.3 is 14.3 Å². The summed E-state index contributed by atoms with van der Waals surface area (Å²) in [5.74, 6) is 0.650. The van der Waals surface area contributed by atoms with Crippen molar-refractivity contribution in [3.63, 3.8) is 0 Å². The maximum Gasteiger partial charge on any atom is 0.307 e. The number of carbonyl (C=O) groups excluding carboxylic acids is 1. The van der Waals surface area contributed by atoms with Crippen LogP contribution in [0.1, 0.15) is 30.5 Å². The largest absolute Gasteiger partial charge is 0.550 e. The van der Waals surface area contributed by atoms with E-state index in [4.69, 9.17) is 21.0 Å². The fraction of sp³-hybridized carbons (Fsp3) is 0.174. The second kappa shape index (κ2) is 9.89. The molecule has 0 saturated heterocycles. The van der Waals surface area contributed by atoms with Crippen LogP contribution in [0.2, 0.25) is 5.02 Å². The highest BCUT2D eigenvalue weighted by Gasteiger charge is 2.17. The van der Waals surface area contributed by atoms with Crippen molar-refractivity contribution in [1.82, 2.24) is 14.5 Å². The first-order valence-electron chi connectivity index (χ1n) is 9.47. The van der Waals surface area contributed by atoms with Gasteiger partial charge in [-0.2, -0.15) is 4.98 Å². The minimum absolute atomic E-state index is 0.111. The number of oxazole rings is 1. The topological polar surface area (TPSA) is 84.0 Å². The zero-order chi connectivity index (χ0) is 21.5. The molecule has 0 radical (unpaired) electrons. The van der Waals surface area contributed by atoms with Gasteiger partial charge in [-0.15, -0.1) is 0 Å². The fourth-order valence-electron chi connectivity index (χ4n) is 2.76. The van der Waals surface area contributed by atoms with E-state index in [0.29, 0.717) is 17.5 Å². The van der Waals surface area contributed by atoms with Crippen LogP contribution in [0.25, 0.3) is 17.3 Å². The Kier molecular flexibility index (Phi) is 7.03. The Morgan fingerprint density at radius 2 is 1.80 bits per heavy atom. The molecule has 30 heavy (non-hydrogen) atoms. The zero-order valence-corrected chi connectivity index (χ0v) is 17.5. The van der Waals surface area contributed by atoms with Gasteiger partial charge in [0.2, 0.25) is 0 Å². The van der Waals surface area contributed by atoms with Crippen LogP contribution in [-0.4, -0.2) is 20.5 Å². The minimum Gasteiger partial charge on any atom is -0.550 e. The number of imidazole rings is 1. The average molecular weight is 423 g/mol. The number of hydrogen-bond donors (Lipinski definition) is 0. The fourth-order valence-corrected chi connectivity index (χ4v) is 2.88. The quantitative estimate of drug-likeness (QED) is 0.480. The molecule has 4 aromatic rings. The molecule has 0 N–H and O–H groups in total. The van der Waals surface area contributed by atoms with E-state index in [1.165, 1.54) is 12.5 Å². The summed E-state index contributed by atoms with van der Waals surface area (Å²) in [5.41, 5.74) is 2.97. The van der Waals surface area contributed by atoms with Crippen LogP contribution in [0.15, 0.2) is 71.4 Å². The van der Waals surface area contributed by atoms with E-state index in [2.05, 4.69) is 17.1 Å². The third-order valence-corrected chi connectivity index (χ3v) is 4.58. The van der Waals surface area contributed by atoms with Gasteiger partial charge in [-0.25, -0.2) is 4.98 Å². The highest BCUT2D eigenvalue weighted by Crippen LogP contribution is 2.29. The van der Waals surface area contributed by atoms with Gasteiger partial charge in [0.25, 0.3) is 0 Å². The van der Waals surface area contributed by atoms with E-state index in [-0.39, 0.29) is 6.42 Å². The summed E-state index contributed by atoms with van der Waals surface area (Å²) in [7, 11) is 0. The van der Waals surface area contributed by atoms with Gasteiger partial charge in [-0.3, -0.25) is 4.57 Å².